The number of carbonyl (C=O) groups excluding carboxylic acids is 1. The van der Waals surface area contributed by atoms with Crippen LogP contribution >= 0.6 is 11.6 Å². The molecule has 1 aromatic heterocycles. The number of pyridine rings is 1. The summed E-state index contributed by atoms with van der Waals surface area (Å²) >= 11 is 6.42. The topological polar surface area (TPSA) is 90.7 Å². The van der Waals surface area contributed by atoms with Crippen LogP contribution in [0.1, 0.15) is 74.2 Å². The molecule has 1 saturated heterocycles. The molecule has 1 aliphatic heterocycles. The zero-order valence-corrected chi connectivity index (χ0v) is 24.3. The first kappa shape index (κ1) is 30.2. The summed E-state index contributed by atoms with van der Waals surface area (Å²) in [6.07, 6.45) is 3.75. The van der Waals surface area contributed by atoms with E-state index in [9.17, 15) is 4.79 Å². The predicted molar refractivity (Wildman–Crippen MR) is 153 cm³/mol. The molecule has 4 rings (SSSR count). The molecule has 0 amide bonds. The minimum atomic E-state index is -0.477. The third-order valence-corrected chi connectivity index (χ3v) is 7.18. The van der Waals surface area contributed by atoms with Gasteiger partial charge in [-0.1, -0.05) is 43.6 Å². The Kier molecular flexibility index (Phi) is 9.79. The normalized spacial score (nSPS) is 15.1. The number of aromatic nitrogens is 1. The summed E-state index contributed by atoms with van der Waals surface area (Å²) in [5.74, 6) is 0.700. The zero-order chi connectivity index (χ0) is 28.8. The number of nitriles is 1. The van der Waals surface area contributed by atoms with Gasteiger partial charge in [-0.3, -0.25) is 9.78 Å². The van der Waals surface area contributed by atoms with Crippen LogP contribution in [0.3, 0.4) is 0 Å². The van der Waals surface area contributed by atoms with Crippen molar-refractivity contribution in [2.75, 3.05) is 0 Å². The van der Waals surface area contributed by atoms with E-state index < -0.39 is 18.3 Å². The van der Waals surface area contributed by atoms with Crippen molar-refractivity contribution in [3.8, 4) is 17.6 Å². The fourth-order valence-electron chi connectivity index (χ4n) is 3.91. The number of hydrogen-bond donors (Lipinski definition) is 0. The lowest BCUT2D eigenvalue weighted by atomic mass is 9.75. The molecule has 0 unspecified atom stereocenters. The molecule has 0 spiro atoms. The van der Waals surface area contributed by atoms with Crippen molar-refractivity contribution in [1.29, 1.82) is 5.26 Å². The molecule has 1 aliphatic rings. The summed E-state index contributed by atoms with van der Waals surface area (Å²) in [7, 11) is -0.477. The Hall–Kier alpha value is -3.38. The van der Waals surface area contributed by atoms with Crippen molar-refractivity contribution in [2.45, 2.75) is 72.9 Å². The summed E-state index contributed by atoms with van der Waals surface area (Å²) in [4.78, 5) is 15.7. The maximum absolute atomic E-state index is 11.6. The lowest BCUT2D eigenvalue weighted by molar-refractivity contribution is 0.00578. The van der Waals surface area contributed by atoms with Gasteiger partial charge in [-0.15, -0.1) is 0 Å². The van der Waals surface area contributed by atoms with Crippen molar-refractivity contribution < 1.29 is 23.6 Å². The Labute approximate surface area is 236 Å². The summed E-state index contributed by atoms with van der Waals surface area (Å²) in [5, 5.41) is 9.37. The standard InChI is InChI=1S/C28H28BClN2O5.C2H6/c1-18-21(7-6-8-23(18)29-36-27(2,3)28(4,5)37-29)17-35-26-11-25(22(15-33)10-24(26)30)34-16-20-9-19(12-31)13-32-14-20;1-2/h6-11,13-15H,16-17H2,1-5H3;1-2H3. The molecule has 1 fully saturated rings. The number of aldehydes is 1. The van der Waals surface area contributed by atoms with Crippen molar-refractivity contribution in [1.82, 2.24) is 4.98 Å². The smallest absolute Gasteiger partial charge is 0.488 e. The van der Waals surface area contributed by atoms with Crippen LogP contribution in [0.25, 0.3) is 0 Å². The number of benzene rings is 2. The van der Waals surface area contributed by atoms with Gasteiger partial charge in [0, 0.05) is 24.0 Å². The molecule has 3 aromatic rings. The van der Waals surface area contributed by atoms with Crippen LogP contribution in [-0.2, 0) is 22.5 Å². The van der Waals surface area contributed by atoms with Gasteiger partial charge in [-0.2, -0.15) is 5.26 Å². The van der Waals surface area contributed by atoms with Crippen LogP contribution in [0.4, 0.5) is 0 Å². The highest BCUT2D eigenvalue weighted by Gasteiger charge is 2.52. The second kappa shape index (κ2) is 12.7. The van der Waals surface area contributed by atoms with E-state index in [-0.39, 0.29) is 13.2 Å². The average Bonchev–Trinajstić information content (AvgIpc) is 3.14. The maximum Gasteiger partial charge on any atom is 0.495 e. The quantitative estimate of drug-likeness (QED) is 0.244. The number of ether oxygens (including phenoxy) is 2. The number of nitrogens with zero attached hydrogens (tertiary/aromatic N) is 2. The van der Waals surface area contributed by atoms with Crippen LogP contribution in [0.2, 0.25) is 5.02 Å². The SMILES string of the molecule is CC.Cc1c(COc2cc(OCc3cncc(C#N)c3)c(C=O)cc2Cl)cccc1B1OC(C)(C)C(C)(C)O1. The van der Waals surface area contributed by atoms with Gasteiger partial charge in [0.15, 0.2) is 6.29 Å². The van der Waals surface area contributed by atoms with E-state index in [0.717, 1.165) is 16.6 Å². The van der Waals surface area contributed by atoms with E-state index >= 15 is 0 Å². The highest BCUT2D eigenvalue weighted by Crippen LogP contribution is 2.37. The van der Waals surface area contributed by atoms with Gasteiger partial charge < -0.3 is 18.8 Å². The Morgan fingerprint density at radius 2 is 1.69 bits per heavy atom. The maximum atomic E-state index is 11.6. The minimum Gasteiger partial charge on any atom is -0.488 e. The van der Waals surface area contributed by atoms with Crippen molar-refractivity contribution >= 4 is 30.5 Å². The van der Waals surface area contributed by atoms with Crippen LogP contribution in [0, 0.1) is 18.3 Å². The van der Waals surface area contributed by atoms with Gasteiger partial charge in [0.05, 0.1) is 27.4 Å². The Balaban J connectivity index is 0.00000205. The summed E-state index contributed by atoms with van der Waals surface area (Å²) in [6.45, 7) is 14.5. The van der Waals surface area contributed by atoms with E-state index in [0.29, 0.717) is 39.5 Å². The van der Waals surface area contributed by atoms with Gasteiger partial charge in [0.2, 0.25) is 0 Å². The number of carbonyl (C=O) groups is 1. The molecule has 2 aromatic carbocycles. The fourth-order valence-corrected chi connectivity index (χ4v) is 4.13. The largest absolute Gasteiger partial charge is 0.495 e. The number of rotatable bonds is 8. The van der Waals surface area contributed by atoms with E-state index in [4.69, 9.17) is 35.6 Å². The molecule has 0 atom stereocenters. The zero-order valence-electron chi connectivity index (χ0n) is 23.5. The Morgan fingerprint density at radius 3 is 2.33 bits per heavy atom. The van der Waals surface area contributed by atoms with E-state index in [1.54, 1.807) is 18.3 Å². The molecule has 39 heavy (non-hydrogen) atoms. The van der Waals surface area contributed by atoms with E-state index in [2.05, 4.69) is 4.98 Å². The van der Waals surface area contributed by atoms with Crippen molar-refractivity contribution in [2.24, 2.45) is 0 Å². The molecule has 0 radical (unpaired) electrons. The Bertz CT molecular complexity index is 1350. The van der Waals surface area contributed by atoms with Gasteiger partial charge in [-0.05, 0) is 63.3 Å². The predicted octanol–water partition coefficient (Wildman–Crippen LogP) is 6.21. The highest BCUT2D eigenvalue weighted by molar-refractivity contribution is 6.62. The lowest BCUT2D eigenvalue weighted by Gasteiger charge is -2.32. The third kappa shape index (κ3) is 6.80. The van der Waals surface area contributed by atoms with E-state index in [1.165, 1.54) is 12.3 Å². The molecular formula is C30H34BClN2O5. The molecule has 2 heterocycles. The average molecular weight is 549 g/mol. The molecule has 0 saturated carbocycles. The minimum absolute atomic E-state index is 0.125. The second-order valence-electron chi connectivity index (χ2n) is 9.93. The summed E-state index contributed by atoms with van der Waals surface area (Å²) in [6, 6.07) is 12.7. The van der Waals surface area contributed by atoms with Crippen LogP contribution in [-0.4, -0.2) is 29.6 Å². The first-order valence-corrected chi connectivity index (χ1v) is 13.2. The molecule has 7 nitrogen and oxygen atoms in total. The fraction of sp³-hybridized carbons (Fsp3) is 0.367. The van der Waals surface area contributed by atoms with Crippen molar-refractivity contribution in [3.63, 3.8) is 0 Å². The monoisotopic (exact) mass is 548 g/mol. The molecule has 0 aliphatic carbocycles. The lowest BCUT2D eigenvalue weighted by Crippen LogP contribution is -2.41. The molecular weight excluding hydrogens is 515 g/mol. The summed E-state index contributed by atoms with van der Waals surface area (Å²) < 4.78 is 24.4. The first-order valence-electron chi connectivity index (χ1n) is 12.9. The highest BCUT2D eigenvalue weighted by atomic mass is 35.5. The van der Waals surface area contributed by atoms with Crippen LogP contribution in [0.15, 0.2) is 48.8 Å². The molecule has 0 bridgehead atoms. The third-order valence-electron chi connectivity index (χ3n) is 6.89. The van der Waals surface area contributed by atoms with Gasteiger partial charge >= 0.3 is 7.12 Å². The van der Waals surface area contributed by atoms with Crippen LogP contribution in [0.5, 0.6) is 11.5 Å². The first-order chi connectivity index (χ1) is 18.5. The van der Waals surface area contributed by atoms with Crippen molar-refractivity contribution in [3.05, 3.63) is 81.6 Å². The Morgan fingerprint density at radius 1 is 1.03 bits per heavy atom. The number of halogens is 1. The molecule has 204 valence electrons. The number of hydrogen-bond acceptors (Lipinski definition) is 7. The summed E-state index contributed by atoms with van der Waals surface area (Å²) in [5.41, 5.74) is 3.44. The van der Waals surface area contributed by atoms with Gasteiger partial charge in [0.25, 0.3) is 0 Å². The van der Waals surface area contributed by atoms with Gasteiger partial charge in [-0.25, -0.2) is 0 Å². The molecule has 0 N–H and O–H groups in total. The molecule has 9 heteroatoms. The van der Waals surface area contributed by atoms with Crippen LogP contribution < -0.4 is 14.9 Å². The van der Waals surface area contributed by atoms with E-state index in [1.807, 2.05) is 72.7 Å². The second-order valence-corrected chi connectivity index (χ2v) is 10.3. The van der Waals surface area contributed by atoms with Gasteiger partial charge in [0.1, 0.15) is 30.8 Å².